The van der Waals surface area contributed by atoms with Gasteiger partial charge in [0.15, 0.2) is 17.3 Å². The molecule has 0 bridgehead atoms. The molecule has 1 aromatic heterocycles. The summed E-state index contributed by atoms with van der Waals surface area (Å²) < 4.78 is 26.2. The first-order valence-corrected chi connectivity index (χ1v) is 15.9. The van der Waals surface area contributed by atoms with Crippen LogP contribution in [0.2, 0.25) is 5.02 Å². The van der Waals surface area contributed by atoms with E-state index in [0.29, 0.717) is 41.2 Å². The largest absolute Gasteiger partial charge is 0.493 e. The number of methoxy groups -OCH3 is 1. The molecule has 2 atom stereocenters. The van der Waals surface area contributed by atoms with Gasteiger partial charge in [0.25, 0.3) is 0 Å². The number of amides is 1. The summed E-state index contributed by atoms with van der Waals surface area (Å²) in [4.78, 5) is 27.1. The summed E-state index contributed by atoms with van der Waals surface area (Å²) >= 11 is 5.91. The fourth-order valence-corrected chi connectivity index (χ4v) is 5.22. The number of fused-ring (bicyclic) bond motifs is 1. The average molecular weight is 633 g/mol. The zero-order chi connectivity index (χ0) is 32.8. The Labute approximate surface area is 267 Å². The van der Waals surface area contributed by atoms with Crippen molar-refractivity contribution in [3.05, 3.63) is 47.5 Å². The zero-order valence-corrected chi connectivity index (χ0v) is 28.5. The summed E-state index contributed by atoms with van der Waals surface area (Å²) in [5.41, 5.74) is 0.798. The topological polar surface area (TPSA) is 83.1 Å². The van der Waals surface area contributed by atoms with Gasteiger partial charge < -0.3 is 24.6 Å². The second-order valence-corrected chi connectivity index (χ2v) is 10.7. The van der Waals surface area contributed by atoms with Crippen LogP contribution in [0.4, 0.5) is 15.9 Å². The Balaban J connectivity index is 0.000000526. The van der Waals surface area contributed by atoms with E-state index in [1.807, 2.05) is 39.6 Å². The number of ether oxygens (including phenoxy) is 2. The number of aromatic nitrogens is 2. The second kappa shape index (κ2) is 18.6. The first kappa shape index (κ1) is 37.0. The summed E-state index contributed by atoms with van der Waals surface area (Å²) in [5, 5.41) is 3.63. The molecule has 44 heavy (non-hydrogen) atoms. The normalized spacial score (nSPS) is 17.8. The third kappa shape index (κ3) is 9.64. The lowest BCUT2D eigenvalue weighted by Crippen LogP contribution is -2.40. The number of halogens is 2. The number of carbonyl (C=O) groups excluding carboxylic acids is 1. The first-order valence-electron chi connectivity index (χ1n) is 15.6. The fourth-order valence-electron chi connectivity index (χ4n) is 5.05. The third-order valence-corrected chi connectivity index (χ3v) is 7.59. The number of likely N-dealkylation sites (tertiary alicyclic amines) is 2. The van der Waals surface area contributed by atoms with Crippen molar-refractivity contribution < 1.29 is 18.7 Å². The molecule has 5 rings (SSSR count). The molecule has 3 heterocycles. The molecule has 0 radical (unpaired) electrons. The third-order valence-electron chi connectivity index (χ3n) is 7.30. The quantitative estimate of drug-likeness (QED) is 0.302. The SMILES string of the molecule is CC.CC.CCN1CCCC1.COc1cc2ncnc(Nc3cccc(Cl)c3F)c2cc1O[C@H]1CC(C(=O)N(C)C)N(C)C1. The van der Waals surface area contributed by atoms with Gasteiger partial charge in [0.2, 0.25) is 5.91 Å². The maximum Gasteiger partial charge on any atom is 0.239 e. The minimum Gasteiger partial charge on any atom is -0.493 e. The van der Waals surface area contributed by atoms with Gasteiger partial charge >= 0.3 is 0 Å². The molecule has 1 unspecified atom stereocenters. The molecule has 9 nitrogen and oxygen atoms in total. The van der Waals surface area contributed by atoms with Crippen LogP contribution in [0.25, 0.3) is 10.9 Å². The zero-order valence-electron chi connectivity index (χ0n) is 27.8. The highest BCUT2D eigenvalue weighted by Crippen LogP contribution is 2.37. The van der Waals surface area contributed by atoms with E-state index in [-0.39, 0.29) is 28.8 Å². The van der Waals surface area contributed by atoms with Crippen LogP contribution in [0.15, 0.2) is 36.7 Å². The van der Waals surface area contributed by atoms with Gasteiger partial charge in [-0.2, -0.15) is 0 Å². The molecule has 2 aliphatic rings. The van der Waals surface area contributed by atoms with E-state index in [4.69, 9.17) is 21.1 Å². The van der Waals surface area contributed by atoms with Crippen molar-refractivity contribution in [1.82, 2.24) is 24.7 Å². The smallest absolute Gasteiger partial charge is 0.239 e. The first-order chi connectivity index (χ1) is 21.2. The molecule has 2 aliphatic heterocycles. The number of carbonyl (C=O) groups is 1. The number of benzene rings is 2. The van der Waals surface area contributed by atoms with Crippen molar-refractivity contribution in [2.24, 2.45) is 0 Å². The molecule has 11 heteroatoms. The minimum atomic E-state index is -0.568. The van der Waals surface area contributed by atoms with E-state index in [9.17, 15) is 9.18 Å². The van der Waals surface area contributed by atoms with E-state index in [0.717, 1.165) is 0 Å². The Morgan fingerprint density at radius 2 is 1.80 bits per heavy atom. The van der Waals surface area contributed by atoms with Crippen molar-refractivity contribution in [2.75, 3.05) is 59.7 Å². The predicted octanol–water partition coefficient (Wildman–Crippen LogP) is 6.87. The van der Waals surface area contributed by atoms with Gasteiger partial charge in [-0.05, 0) is 57.7 Å². The number of likely N-dealkylation sites (N-methyl/N-ethyl adjacent to an activating group) is 2. The average Bonchev–Trinajstić information content (AvgIpc) is 3.71. The Kier molecular flexibility index (Phi) is 15.6. The van der Waals surface area contributed by atoms with Crippen molar-refractivity contribution in [1.29, 1.82) is 0 Å². The predicted molar refractivity (Wildman–Crippen MR) is 179 cm³/mol. The Morgan fingerprint density at radius 1 is 1.11 bits per heavy atom. The lowest BCUT2D eigenvalue weighted by Gasteiger charge is -2.21. The standard InChI is InChI=1S/C23H25ClFN5O3.C6H13N.2C2H6/c1-29(2)23(31)18-8-13(11-30(18)3)33-20-9-14-17(10-19(20)32-4)26-12-27-22(14)28-16-7-5-6-15(24)21(16)25;1-2-7-5-3-4-6-7;2*1-2/h5-7,9-10,12-13,18H,8,11H2,1-4H3,(H,26,27,28);2-6H2,1H3;2*1-2H3/t13-,18?;;;/m0.../s1. The van der Waals surface area contributed by atoms with E-state index in [1.165, 1.54) is 44.9 Å². The van der Waals surface area contributed by atoms with E-state index >= 15 is 0 Å². The lowest BCUT2D eigenvalue weighted by molar-refractivity contribution is -0.133. The molecule has 1 N–H and O–H groups in total. The Hall–Kier alpha value is -3.21. The summed E-state index contributed by atoms with van der Waals surface area (Å²) in [6.07, 6.45) is 4.58. The molecule has 0 aliphatic carbocycles. The highest BCUT2D eigenvalue weighted by Gasteiger charge is 2.37. The van der Waals surface area contributed by atoms with Gasteiger partial charge in [-0.1, -0.05) is 52.3 Å². The van der Waals surface area contributed by atoms with Crippen LogP contribution < -0.4 is 14.8 Å². The number of hydrogen-bond acceptors (Lipinski definition) is 8. The van der Waals surface area contributed by atoms with Crippen molar-refractivity contribution in [3.8, 4) is 11.5 Å². The van der Waals surface area contributed by atoms with Gasteiger partial charge in [0, 0.05) is 38.5 Å². The molecule has 0 saturated carbocycles. The summed E-state index contributed by atoms with van der Waals surface area (Å²) in [7, 11) is 6.94. The highest BCUT2D eigenvalue weighted by atomic mass is 35.5. The number of nitrogens with one attached hydrogen (secondary N) is 1. The van der Waals surface area contributed by atoms with E-state index < -0.39 is 5.82 Å². The molecule has 3 aromatic rings. The van der Waals surface area contributed by atoms with Crippen molar-refractivity contribution in [3.63, 3.8) is 0 Å². The number of anilines is 2. The summed E-state index contributed by atoms with van der Waals surface area (Å²) in [5.74, 6) is 0.869. The monoisotopic (exact) mass is 632 g/mol. The van der Waals surface area contributed by atoms with Gasteiger partial charge in [-0.25, -0.2) is 14.4 Å². The molecular weight excluding hydrogens is 583 g/mol. The number of hydrogen-bond donors (Lipinski definition) is 1. The van der Waals surface area contributed by atoms with Crippen LogP contribution in [0.5, 0.6) is 11.5 Å². The van der Waals surface area contributed by atoms with Crippen LogP contribution in [0, 0.1) is 5.82 Å². The maximum atomic E-state index is 14.4. The van der Waals surface area contributed by atoms with Gasteiger partial charge in [0.1, 0.15) is 18.2 Å². The highest BCUT2D eigenvalue weighted by molar-refractivity contribution is 6.31. The summed E-state index contributed by atoms with van der Waals surface area (Å²) in [6.45, 7) is 14.8. The van der Waals surface area contributed by atoms with Gasteiger partial charge in [0.05, 0.1) is 29.4 Å². The van der Waals surface area contributed by atoms with Crippen LogP contribution in [0.3, 0.4) is 0 Å². The molecule has 2 aromatic carbocycles. The molecule has 0 spiro atoms. The molecule has 2 fully saturated rings. The van der Waals surface area contributed by atoms with Crippen LogP contribution in [-0.2, 0) is 4.79 Å². The van der Waals surface area contributed by atoms with E-state index in [2.05, 4.69) is 27.1 Å². The Morgan fingerprint density at radius 3 is 2.39 bits per heavy atom. The molecule has 1 amide bonds. The molecule has 2 saturated heterocycles. The summed E-state index contributed by atoms with van der Waals surface area (Å²) in [6, 6.07) is 7.96. The lowest BCUT2D eigenvalue weighted by atomic mass is 10.1. The van der Waals surface area contributed by atoms with E-state index in [1.54, 1.807) is 50.4 Å². The van der Waals surface area contributed by atoms with Gasteiger partial charge in [-0.15, -0.1) is 0 Å². The van der Waals surface area contributed by atoms with Crippen molar-refractivity contribution >= 4 is 39.9 Å². The minimum absolute atomic E-state index is 0.0104. The molecular formula is C33H50ClFN6O3. The van der Waals surface area contributed by atoms with Crippen LogP contribution >= 0.6 is 11.6 Å². The van der Waals surface area contributed by atoms with Crippen LogP contribution in [-0.4, -0.2) is 97.2 Å². The van der Waals surface area contributed by atoms with Gasteiger partial charge in [-0.3, -0.25) is 9.69 Å². The Bertz CT molecular complexity index is 1320. The number of nitrogens with zero attached hydrogens (tertiary/aromatic N) is 5. The van der Waals surface area contributed by atoms with Crippen LogP contribution in [0.1, 0.15) is 53.9 Å². The second-order valence-electron chi connectivity index (χ2n) is 10.3. The number of rotatable bonds is 7. The maximum absolute atomic E-state index is 14.4. The molecule has 244 valence electrons. The fraction of sp³-hybridized carbons (Fsp3) is 0.545. The van der Waals surface area contributed by atoms with Crippen molar-refractivity contribution in [2.45, 2.75) is 66.0 Å².